The summed E-state index contributed by atoms with van der Waals surface area (Å²) in [6, 6.07) is 12.6. The third kappa shape index (κ3) is 5.14. The highest BCUT2D eigenvalue weighted by Gasteiger charge is 2.10. The highest BCUT2D eigenvalue weighted by Crippen LogP contribution is 2.18. The van der Waals surface area contributed by atoms with Crippen molar-refractivity contribution < 1.29 is 9.53 Å². The molecule has 0 bridgehead atoms. The van der Waals surface area contributed by atoms with Gasteiger partial charge in [0.05, 0.1) is 24.3 Å². The molecule has 8 nitrogen and oxygen atoms in total. The molecular weight excluding hydrogens is 364 g/mol. The summed E-state index contributed by atoms with van der Waals surface area (Å²) in [5, 5.41) is 11.5. The number of hydrogen-bond donors (Lipinski definition) is 2. The molecule has 0 atom stereocenters. The number of ketones is 1. The van der Waals surface area contributed by atoms with Crippen LogP contribution in [0.15, 0.2) is 58.9 Å². The van der Waals surface area contributed by atoms with Crippen LogP contribution in [-0.4, -0.2) is 44.5 Å². The number of hydrogen-bond acceptors (Lipinski definition) is 8. The first-order valence-corrected chi connectivity index (χ1v) is 9.08. The first-order chi connectivity index (χ1) is 13.2. The van der Waals surface area contributed by atoms with Crippen molar-refractivity contribution in [2.75, 3.05) is 18.3 Å². The highest BCUT2D eigenvalue weighted by molar-refractivity contribution is 7.99. The fourth-order valence-corrected chi connectivity index (χ4v) is 2.82. The smallest absolute Gasteiger partial charge is 0.240 e. The first kappa shape index (κ1) is 18.6. The van der Waals surface area contributed by atoms with Gasteiger partial charge in [0.1, 0.15) is 5.75 Å². The van der Waals surface area contributed by atoms with Crippen molar-refractivity contribution in [3.8, 4) is 5.75 Å². The van der Waals surface area contributed by atoms with Crippen LogP contribution in [0, 0.1) is 0 Å². The predicted molar refractivity (Wildman–Crippen MR) is 105 cm³/mol. The molecule has 9 heteroatoms. The minimum Gasteiger partial charge on any atom is -0.497 e. The molecule has 0 fully saturated rings. The molecule has 2 heterocycles. The van der Waals surface area contributed by atoms with Crippen molar-refractivity contribution in [1.82, 2.24) is 20.2 Å². The summed E-state index contributed by atoms with van der Waals surface area (Å²) in [5.41, 5.74) is 4.91. The molecule has 0 aliphatic rings. The predicted octanol–water partition coefficient (Wildman–Crippen LogP) is 3.02. The quantitative estimate of drug-likeness (QED) is 0.267. The van der Waals surface area contributed by atoms with E-state index in [0.29, 0.717) is 22.4 Å². The number of hydrazone groups is 1. The minimum absolute atomic E-state index is 0.00835. The van der Waals surface area contributed by atoms with E-state index in [1.54, 1.807) is 37.6 Å². The number of methoxy groups -OCH3 is 1. The fraction of sp³-hybridized carbons (Fsp3) is 0.167. The largest absolute Gasteiger partial charge is 0.497 e. The van der Waals surface area contributed by atoms with Gasteiger partial charge in [-0.2, -0.15) is 10.1 Å². The van der Waals surface area contributed by atoms with Crippen LogP contribution < -0.4 is 10.2 Å². The Morgan fingerprint density at radius 2 is 2.07 bits per heavy atom. The zero-order valence-electron chi connectivity index (χ0n) is 14.8. The SMILES string of the molecule is COc1ccc(C(=O)CSc2n[nH]c(N/N=C(\C)c3ccccn3)n2)cc1. The Kier molecular flexibility index (Phi) is 6.16. The third-order valence-electron chi connectivity index (χ3n) is 3.57. The van der Waals surface area contributed by atoms with Gasteiger partial charge in [-0.25, -0.2) is 10.5 Å². The minimum atomic E-state index is -0.00835. The number of carbonyl (C=O) groups is 1. The molecule has 0 saturated carbocycles. The van der Waals surface area contributed by atoms with Gasteiger partial charge in [0, 0.05) is 11.8 Å². The molecule has 138 valence electrons. The monoisotopic (exact) mass is 382 g/mol. The zero-order valence-corrected chi connectivity index (χ0v) is 15.7. The van der Waals surface area contributed by atoms with Gasteiger partial charge in [-0.05, 0) is 43.3 Å². The topological polar surface area (TPSA) is 105 Å². The Labute approximate surface area is 160 Å². The van der Waals surface area contributed by atoms with Gasteiger partial charge in [0.15, 0.2) is 5.78 Å². The van der Waals surface area contributed by atoms with E-state index in [-0.39, 0.29) is 11.5 Å². The van der Waals surface area contributed by atoms with E-state index < -0.39 is 0 Å². The van der Waals surface area contributed by atoms with Crippen LogP contribution in [0.3, 0.4) is 0 Å². The van der Waals surface area contributed by atoms with E-state index in [2.05, 4.69) is 30.7 Å². The molecule has 27 heavy (non-hydrogen) atoms. The molecule has 2 N–H and O–H groups in total. The van der Waals surface area contributed by atoms with Crippen molar-refractivity contribution >= 4 is 29.2 Å². The lowest BCUT2D eigenvalue weighted by atomic mass is 10.1. The molecule has 0 saturated heterocycles. The van der Waals surface area contributed by atoms with Gasteiger partial charge >= 0.3 is 0 Å². The lowest BCUT2D eigenvalue weighted by Gasteiger charge is -2.01. The number of anilines is 1. The molecule has 0 spiro atoms. The first-order valence-electron chi connectivity index (χ1n) is 8.10. The average Bonchev–Trinajstić information content (AvgIpc) is 3.19. The number of benzene rings is 1. The maximum atomic E-state index is 12.2. The molecular formula is C18H18N6O2S. The molecule has 0 unspecified atom stereocenters. The van der Waals surface area contributed by atoms with Crippen LogP contribution in [-0.2, 0) is 0 Å². The Morgan fingerprint density at radius 3 is 2.78 bits per heavy atom. The number of aromatic nitrogens is 4. The second kappa shape index (κ2) is 8.95. The highest BCUT2D eigenvalue weighted by atomic mass is 32.2. The van der Waals surface area contributed by atoms with Crippen molar-refractivity contribution in [1.29, 1.82) is 0 Å². The molecule has 0 aliphatic heterocycles. The number of H-pyrrole nitrogens is 1. The maximum absolute atomic E-state index is 12.2. The Balaban J connectivity index is 1.54. The summed E-state index contributed by atoms with van der Waals surface area (Å²) >= 11 is 1.25. The summed E-state index contributed by atoms with van der Waals surface area (Å²) in [6.45, 7) is 1.84. The van der Waals surface area contributed by atoms with Crippen LogP contribution in [0.25, 0.3) is 0 Å². The molecule has 0 aliphatic carbocycles. The standard InChI is InChI=1S/C18H18N6O2S/c1-12(15-5-3-4-10-19-15)21-22-17-20-18(24-23-17)27-11-16(25)13-6-8-14(26-2)9-7-13/h3-10H,11H2,1-2H3,(H2,20,22,23,24)/b21-12+. The number of aromatic amines is 1. The third-order valence-corrected chi connectivity index (χ3v) is 4.42. The van der Waals surface area contributed by atoms with Crippen molar-refractivity contribution in [2.45, 2.75) is 12.1 Å². The number of nitrogens with zero attached hydrogens (tertiary/aromatic N) is 4. The number of Topliss-reactive ketones (excluding diaryl/α,β-unsaturated/α-hetero) is 1. The molecule has 0 amide bonds. The molecule has 0 radical (unpaired) electrons. The van der Waals surface area contributed by atoms with Crippen LogP contribution >= 0.6 is 11.8 Å². The average molecular weight is 382 g/mol. The van der Waals surface area contributed by atoms with E-state index >= 15 is 0 Å². The van der Waals surface area contributed by atoms with Crippen LogP contribution in [0.5, 0.6) is 5.75 Å². The van der Waals surface area contributed by atoms with Crippen molar-refractivity contribution in [3.63, 3.8) is 0 Å². The van der Waals surface area contributed by atoms with Gasteiger partial charge in [-0.1, -0.05) is 17.8 Å². The molecule has 1 aromatic carbocycles. The van der Waals surface area contributed by atoms with E-state index in [1.165, 1.54) is 11.8 Å². The van der Waals surface area contributed by atoms with E-state index in [0.717, 1.165) is 11.4 Å². The van der Waals surface area contributed by atoms with E-state index in [1.807, 2.05) is 25.1 Å². The zero-order chi connectivity index (χ0) is 19.1. The number of rotatable bonds is 8. The van der Waals surface area contributed by atoms with Crippen LogP contribution in [0.2, 0.25) is 0 Å². The summed E-state index contributed by atoms with van der Waals surface area (Å²) in [7, 11) is 1.59. The van der Waals surface area contributed by atoms with Crippen molar-refractivity contribution in [3.05, 3.63) is 59.9 Å². The van der Waals surface area contributed by atoms with Gasteiger partial charge in [-0.3, -0.25) is 9.78 Å². The van der Waals surface area contributed by atoms with Gasteiger partial charge in [-0.15, -0.1) is 5.10 Å². The Hall–Kier alpha value is -3.20. The van der Waals surface area contributed by atoms with Crippen LogP contribution in [0.1, 0.15) is 23.0 Å². The Morgan fingerprint density at radius 1 is 1.26 bits per heavy atom. The van der Waals surface area contributed by atoms with Crippen LogP contribution in [0.4, 0.5) is 5.95 Å². The maximum Gasteiger partial charge on any atom is 0.240 e. The van der Waals surface area contributed by atoms with E-state index in [4.69, 9.17) is 4.74 Å². The number of carbonyl (C=O) groups excluding carboxylic acids is 1. The second-order valence-electron chi connectivity index (χ2n) is 5.43. The molecule has 3 rings (SSSR count). The van der Waals surface area contributed by atoms with Gasteiger partial charge in [0.25, 0.3) is 0 Å². The lowest BCUT2D eigenvalue weighted by Crippen LogP contribution is -2.03. The Bertz CT molecular complexity index is 925. The number of thioether (sulfide) groups is 1. The van der Waals surface area contributed by atoms with Gasteiger partial charge < -0.3 is 4.74 Å². The fourth-order valence-electron chi connectivity index (χ4n) is 2.12. The number of nitrogens with one attached hydrogen (secondary N) is 2. The van der Waals surface area contributed by atoms with E-state index in [9.17, 15) is 4.79 Å². The second-order valence-corrected chi connectivity index (χ2v) is 6.37. The normalized spacial score (nSPS) is 11.3. The molecule has 3 aromatic rings. The summed E-state index contributed by atoms with van der Waals surface area (Å²) < 4.78 is 5.09. The van der Waals surface area contributed by atoms with Gasteiger partial charge in [0.2, 0.25) is 11.1 Å². The lowest BCUT2D eigenvalue weighted by molar-refractivity contribution is 0.102. The number of pyridine rings is 1. The summed E-state index contributed by atoms with van der Waals surface area (Å²) in [4.78, 5) is 20.7. The van der Waals surface area contributed by atoms with Crippen molar-refractivity contribution in [2.24, 2.45) is 5.10 Å². The molecule has 2 aromatic heterocycles. The summed E-state index contributed by atoms with van der Waals surface area (Å²) in [6.07, 6.45) is 1.71. The number of ether oxygens (including phenoxy) is 1. The summed E-state index contributed by atoms with van der Waals surface area (Å²) in [5.74, 6) is 1.33.